The van der Waals surface area contributed by atoms with Crippen LogP contribution in [0.15, 0.2) is 6.07 Å². The lowest BCUT2D eigenvalue weighted by atomic mass is 9.85. The first kappa shape index (κ1) is 21.8. The summed E-state index contributed by atoms with van der Waals surface area (Å²) in [5.41, 5.74) is 4.13. The standard InChI is InChI=1S/C20H32N2O5/c1-13-11-14(2)17(16(4)15(13)3)12-18(23)22(25)20(19(24)26-5)7-9-21(27-6)10-8-20/h11,19,24-25H,7-10,12H2,1-6H3. The topological polar surface area (TPSA) is 82.5 Å². The Kier molecular flexibility index (Phi) is 6.99. The lowest BCUT2D eigenvalue weighted by Gasteiger charge is -2.46. The van der Waals surface area contributed by atoms with Crippen LogP contribution in [-0.2, 0) is 20.8 Å². The van der Waals surface area contributed by atoms with Crippen LogP contribution in [0.4, 0.5) is 0 Å². The fraction of sp³-hybridized carbons (Fsp3) is 0.650. The van der Waals surface area contributed by atoms with Gasteiger partial charge in [0.1, 0.15) is 5.54 Å². The number of carbonyl (C=O) groups excluding carboxylic acids is 1. The van der Waals surface area contributed by atoms with Crippen LogP contribution in [0.5, 0.6) is 0 Å². The first-order valence-electron chi connectivity index (χ1n) is 9.26. The van der Waals surface area contributed by atoms with Gasteiger partial charge in [0.05, 0.1) is 13.5 Å². The molecule has 1 aromatic carbocycles. The molecule has 1 aliphatic heterocycles. The van der Waals surface area contributed by atoms with Crippen LogP contribution < -0.4 is 0 Å². The van der Waals surface area contributed by atoms with E-state index < -0.39 is 17.7 Å². The van der Waals surface area contributed by atoms with Crippen molar-refractivity contribution in [1.29, 1.82) is 0 Å². The largest absolute Gasteiger partial charge is 0.366 e. The van der Waals surface area contributed by atoms with E-state index in [0.29, 0.717) is 31.0 Å². The molecular formula is C20H32N2O5. The molecule has 2 N–H and O–H groups in total. The van der Waals surface area contributed by atoms with E-state index in [9.17, 15) is 15.1 Å². The molecule has 1 amide bonds. The Balaban J connectivity index is 2.28. The van der Waals surface area contributed by atoms with E-state index in [2.05, 4.69) is 6.07 Å². The van der Waals surface area contributed by atoms with Gasteiger partial charge in [-0.3, -0.25) is 10.0 Å². The molecule has 1 saturated heterocycles. The Labute approximate surface area is 161 Å². The second kappa shape index (κ2) is 8.67. The SMILES string of the molecule is COC(O)C1(N(O)C(=O)Cc2c(C)cc(C)c(C)c2C)CCN(OC)CC1. The Bertz CT molecular complexity index is 683. The molecule has 1 heterocycles. The Hall–Kier alpha value is -1.51. The van der Waals surface area contributed by atoms with Crippen LogP contribution in [0.1, 0.15) is 40.7 Å². The number of rotatable bonds is 6. The van der Waals surface area contributed by atoms with E-state index in [4.69, 9.17) is 9.57 Å². The van der Waals surface area contributed by atoms with Crippen molar-refractivity contribution in [2.75, 3.05) is 27.3 Å². The van der Waals surface area contributed by atoms with Gasteiger partial charge in [-0.1, -0.05) is 6.07 Å². The van der Waals surface area contributed by atoms with E-state index in [0.717, 1.165) is 22.3 Å². The number of aliphatic hydroxyl groups excluding tert-OH is 1. The molecule has 1 aromatic rings. The number of nitrogens with zero attached hydrogens (tertiary/aromatic N) is 2. The summed E-state index contributed by atoms with van der Waals surface area (Å²) in [6.07, 6.45) is -0.541. The molecular weight excluding hydrogens is 348 g/mol. The summed E-state index contributed by atoms with van der Waals surface area (Å²) in [5.74, 6) is -0.452. The first-order chi connectivity index (χ1) is 12.7. The van der Waals surface area contributed by atoms with Gasteiger partial charge < -0.3 is 14.7 Å². The summed E-state index contributed by atoms with van der Waals surface area (Å²) < 4.78 is 5.11. The van der Waals surface area contributed by atoms with Gasteiger partial charge in [0, 0.05) is 20.2 Å². The Morgan fingerprint density at radius 2 is 1.78 bits per heavy atom. The highest BCUT2D eigenvalue weighted by atomic mass is 16.7. The molecule has 1 aliphatic rings. The molecule has 0 aliphatic carbocycles. The number of benzene rings is 1. The predicted molar refractivity (Wildman–Crippen MR) is 101 cm³/mol. The van der Waals surface area contributed by atoms with E-state index in [1.807, 2.05) is 27.7 Å². The number of ether oxygens (including phenoxy) is 1. The summed E-state index contributed by atoms with van der Waals surface area (Å²) >= 11 is 0. The number of hydrogen-bond acceptors (Lipinski definition) is 6. The maximum atomic E-state index is 13.0. The highest BCUT2D eigenvalue weighted by Crippen LogP contribution is 2.33. The van der Waals surface area contributed by atoms with Gasteiger partial charge in [0.15, 0.2) is 6.29 Å². The molecule has 0 bridgehead atoms. The number of aliphatic hydroxyl groups is 1. The summed E-state index contributed by atoms with van der Waals surface area (Å²) in [5, 5.41) is 23.7. The zero-order valence-corrected chi connectivity index (χ0v) is 17.2. The fourth-order valence-electron chi connectivity index (χ4n) is 3.92. The quantitative estimate of drug-likeness (QED) is 0.446. The lowest BCUT2D eigenvalue weighted by Crippen LogP contribution is -2.63. The van der Waals surface area contributed by atoms with Gasteiger partial charge in [0.2, 0.25) is 0 Å². The van der Waals surface area contributed by atoms with Crippen molar-refractivity contribution in [3.8, 4) is 0 Å². The maximum Gasteiger partial charge on any atom is 0.251 e. The van der Waals surface area contributed by atoms with Gasteiger partial charge >= 0.3 is 0 Å². The minimum atomic E-state index is -1.28. The monoisotopic (exact) mass is 380 g/mol. The molecule has 1 atom stereocenters. The third-order valence-corrected chi connectivity index (χ3v) is 6.03. The number of amides is 1. The molecule has 1 fully saturated rings. The molecule has 0 saturated carbocycles. The van der Waals surface area contributed by atoms with Crippen molar-refractivity contribution in [2.45, 2.75) is 58.8 Å². The van der Waals surface area contributed by atoms with E-state index >= 15 is 0 Å². The predicted octanol–water partition coefficient (Wildman–Crippen LogP) is 2.04. The molecule has 152 valence electrons. The van der Waals surface area contributed by atoms with Gasteiger partial charge in [-0.25, -0.2) is 5.06 Å². The van der Waals surface area contributed by atoms with Crippen LogP contribution in [-0.4, -0.2) is 65.5 Å². The highest BCUT2D eigenvalue weighted by molar-refractivity contribution is 5.79. The van der Waals surface area contributed by atoms with Crippen molar-refractivity contribution < 1.29 is 24.7 Å². The molecule has 27 heavy (non-hydrogen) atoms. The Morgan fingerprint density at radius 3 is 2.30 bits per heavy atom. The second-order valence-electron chi connectivity index (χ2n) is 7.42. The third-order valence-electron chi connectivity index (χ3n) is 6.03. The van der Waals surface area contributed by atoms with Crippen LogP contribution in [0.25, 0.3) is 0 Å². The summed E-state index contributed by atoms with van der Waals surface area (Å²) in [6, 6.07) is 2.06. The second-order valence-corrected chi connectivity index (χ2v) is 7.42. The van der Waals surface area contributed by atoms with E-state index in [1.54, 1.807) is 12.2 Å². The molecule has 0 radical (unpaired) electrons. The average molecular weight is 380 g/mol. The van der Waals surface area contributed by atoms with Crippen molar-refractivity contribution in [3.05, 3.63) is 33.9 Å². The number of hydrogen-bond donors (Lipinski definition) is 2. The van der Waals surface area contributed by atoms with Crippen LogP contribution in [0.2, 0.25) is 0 Å². The molecule has 1 unspecified atom stereocenters. The summed E-state index contributed by atoms with van der Waals surface area (Å²) in [4.78, 5) is 18.2. The summed E-state index contributed by atoms with van der Waals surface area (Å²) in [7, 11) is 2.94. The number of piperidine rings is 1. The number of hydroxylamine groups is 4. The molecule has 7 heteroatoms. The van der Waals surface area contributed by atoms with Crippen molar-refractivity contribution >= 4 is 5.91 Å². The molecule has 0 aromatic heterocycles. The highest BCUT2D eigenvalue weighted by Gasteiger charge is 2.48. The lowest BCUT2D eigenvalue weighted by molar-refractivity contribution is -0.277. The number of aryl methyl sites for hydroxylation is 2. The van der Waals surface area contributed by atoms with Gasteiger partial charge in [-0.2, -0.15) is 5.06 Å². The number of methoxy groups -OCH3 is 1. The van der Waals surface area contributed by atoms with Crippen LogP contribution in [0, 0.1) is 27.7 Å². The normalized spacial score (nSPS) is 18.4. The minimum absolute atomic E-state index is 0.0709. The van der Waals surface area contributed by atoms with Crippen LogP contribution >= 0.6 is 0 Å². The average Bonchev–Trinajstić information content (AvgIpc) is 2.68. The van der Waals surface area contributed by atoms with Crippen molar-refractivity contribution in [2.24, 2.45) is 0 Å². The van der Waals surface area contributed by atoms with Gasteiger partial charge in [0.25, 0.3) is 5.91 Å². The summed E-state index contributed by atoms with van der Waals surface area (Å²) in [6.45, 7) is 9.00. The molecule has 0 spiro atoms. The van der Waals surface area contributed by atoms with Gasteiger partial charge in [-0.05, 0) is 68.4 Å². The minimum Gasteiger partial charge on any atom is -0.366 e. The number of carbonyl (C=O) groups is 1. The van der Waals surface area contributed by atoms with E-state index in [1.165, 1.54) is 12.7 Å². The zero-order valence-electron chi connectivity index (χ0n) is 17.2. The maximum absolute atomic E-state index is 13.0. The van der Waals surface area contributed by atoms with Gasteiger partial charge in [-0.15, -0.1) is 0 Å². The van der Waals surface area contributed by atoms with E-state index in [-0.39, 0.29) is 6.42 Å². The Morgan fingerprint density at radius 1 is 1.19 bits per heavy atom. The first-order valence-corrected chi connectivity index (χ1v) is 9.26. The van der Waals surface area contributed by atoms with Crippen molar-refractivity contribution in [1.82, 2.24) is 10.1 Å². The van der Waals surface area contributed by atoms with Crippen LogP contribution in [0.3, 0.4) is 0 Å². The fourth-order valence-corrected chi connectivity index (χ4v) is 3.92. The third kappa shape index (κ3) is 4.17. The smallest absolute Gasteiger partial charge is 0.251 e. The van der Waals surface area contributed by atoms with Crippen molar-refractivity contribution in [3.63, 3.8) is 0 Å². The zero-order chi connectivity index (χ0) is 20.4. The molecule has 7 nitrogen and oxygen atoms in total. The molecule has 2 rings (SSSR count).